The molecule has 104 valence electrons. The second-order valence-corrected chi connectivity index (χ2v) is 6.62. The summed E-state index contributed by atoms with van der Waals surface area (Å²) in [4.78, 5) is 5.35. The predicted octanol–water partition coefficient (Wildman–Crippen LogP) is 1.54. The van der Waals surface area contributed by atoms with Crippen LogP contribution in [0.15, 0.2) is 0 Å². The van der Waals surface area contributed by atoms with E-state index >= 15 is 0 Å². The first kappa shape index (κ1) is 12.9. The maximum atomic E-state index is 3.62. The fourth-order valence-electron chi connectivity index (χ4n) is 4.27. The lowest BCUT2D eigenvalue weighted by Gasteiger charge is -2.46. The van der Waals surface area contributed by atoms with Crippen molar-refractivity contribution in [2.45, 2.75) is 50.6 Å². The van der Waals surface area contributed by atoms with Crippen molar-refractivity contribution in [3.8, 4) is 0 Å². The second-order valence-electron chi connectivity index (χ2n) is 6.62. The van der Waals surface area contributed by atoms with Gasteiger partial charge in [0.2, 0.25) is 0 Å². The molecule has 3 nitrogen and oxygen atoms in total. The summed E-state index contributed by atoms with van der Waals surface area (Å²) in [5.74, 6) is 0.953. The summed E-state index contributed by atoms with van der Waals surface area (Å²) in [7, 11) is 2.33. The van der Waals surface area contributed by atoms with Gasteiger partial charge >= 0.3 is 0 Å². The van der Waals surface area contributed by atoms with E-state index in [1.807, 2.05) is 0 Å². The quantitative estimate of drug-likeness (QED) is 0.821. The van der Waals surface area contributed by atoms with Crippen LogP contribution in [-0.2, 0) is 0 Å². The lowest BCUT2D eigenvalue weighted by Crippen LogP contribution is -2.53. The zero-order chi connectivity index (χ0) is 12.4. The molecule has 3 saturated heterocycles. The molecule has 0 aromatic carbocycles. The van der Waals surface area contributed by atoms with Crippen LogP contribution in [0.25, 0.3) is 0 Å². The van der Waals surface area contributed by atoms with Crippen LogP contribution in [0.1, 0.15) is 38.5 Å². The van der Waals surface area contributed by atoms with E-state index < -0.39 is 0 Å². The van der Waals surface area contributed by atoms with Crippen LogP contribution in [0.3, 0.4) is 0 Å². The number of piperidine rings is 2. The summed E-state index contributed by atoms with van der Waals surface area (Å²) in [5, 5.41) is 3.62. The standard InChI is InChI=1S/C15H29N3/c1-17-9-3-4-13-12-18(11-7-15(13)17)10-6-14-5-2-8-16-14/h13-16H,2-12H2,1H3. The first-order valence-corrected chi connectivity index (χ1v) is 7.99. The van der Waals surface area contributed by atoms with E-state index in [0.717, 1.165) is 18.0 Å². The van der Waals surface area contributed by atoms with Crippen molar-refractivity contribution in [3.63, 3.8) is 0 Å². The number of rotatable bonds is 3. The molecule has 3 heteroatoms. The van der Waals surface area contributed by atoms with Gasteiger partial charge in [0.25, 0.3) is 0 Å². The molecule has 0 aromatic heterocycles. The third kappa shape index (κ3) is 2.89. The molecule has 0 spiro atoms. The zero-order valence-electron chi connectivity index (χ0n) is 11.9. The molecule has 18 heavy (non-hydrogen) atoms. The van der Waals surface area contributed by atoms with E-state index in [2.05, 4.69) is 22.2 Å². The monoisotopic (exact) mass is 251 g/mol. The smallest absolute Gasteiger partial charge is 0.0145 e. The molecule has 0 radical (unpaired) electrons. The molecule has 0 amide bonds. The van der Waals surface area contributed by atoms with Crippen molar-refractivity contribution in [1.29, 1.82) is 0 Å². The van der Waals surface area contributed by atoms with Crippen molar-refractivity contribution in [2.24, 2.45) is 5.92 Å². The lowest BCUT2D eigenvalue weighted by molar-refractivity contribution is 0.0374. The average Bonchev–Trinajstić information content (AvgIpc) is 2.90. The van der Waals surface area contributed by atoms with Crippen LogP contribution in [0, 0.1) is 5.92 Å². The Bertz CT molecular complexity index is 262. The van der Waals surface area contributed by atoms with Gasteiger partial charge in [-0.1, -0.05) is 0 Å². The SMILES string of the molecule is CN1CCCC2CN(CCC3CCCN3)CCC21. The summed E-state index contributed by atoms with van der Waals surface area (Å²) in [6, 6.07) is 1.70. The van der Waals surface area contributed by atoms with Crippen LogP contribution in [-0.4, -0.2) is 61.7 Å². The normalized spacial score (nSPS) is 38.8. The van der Waals surface area contributed by atoms with Crippen molar-refractivity contribution in [3.05, 3.63) is 0 Å². The Morgan fingerprint density at radius 1 is 1.11 bits per heavy atom. The van der Waals surface area contributed by atoms with Gasteiger partial charge in [0.15, 0.2) is 0 Å². The zero-order valence-corrected chi connectivity index (χ0v) is 11.9. The van der Waals surface area contributed by atoms with Gasteiger partial charge in [-0.25, -0.2) is 0 Å². The molecule has 3 aliphatic heterocycles. The highest BCUT2D eigenvalue weighted by atomic mass is 15.2. The number of hydrogen-bond acceptors (Lipinski definition) is 3. The Balaban J connectivity index is 1.45. The maximum Gasteiger partial charge on any atom is 0.0145 e. The van der Waals surface area contributed by atoms with Gasteiger partial charge in [0.05, 0.1) is 0 Å². The van der Waals surface area contributed by atoms with Crippen LogP contribution in [0.2, 0.25) is 0 Å². The topological polar surface area (TPSA) is 18.5 Å². The van der Waals surface area contributed by atoms with Gasteiger partial charge in [-0.05, 0) is 77.7 Å². The molecule has 0 aromatic rings. The number of likely N-dealkylation sites (tertiary alicyclic amines) is 2. The Hall–Kier alpha value is -0.120. The van der Waals surface area contributed by atoms with Gasteiger partial charge in [-0.3, -0.25) is 0 Å². The van der Waals surface area contributed by atoms with E-state index in [0.29, 0.717) is 0 Å². The molecule has 0 saturated carbocycles. The molecule has 0 aliphatic carbocycles. The second kappa shape index (κ2) is 5.89. The van der Waals surface area contributed by atoms with Gasteiger partial charge in [-0.2, -0.15) is 0 Å². The van der Waals surface area contributed by atoms with Gasteiger partial charge in [0, 0.05) is 18.6 Å². The Morgan fingerprint density at radius 2 is 2.06 bits per heavy atom. The molecule has 3 heterocycles. The third-order valence-corrected chi connectivity index (χ3v) is 5.39. The Kier molecular flexibility index (Phi) is 4.22. The molecule has 3 fully saturated rings. The van der Waals surface area contributed by atoms with Crippen molar-refractivity contribution in [2.75, 3.05) is 39.8 Å². The Morgan fingerprint density at radius 3 is 2.89 bits per heavy atom. The summed E-state index contributed by atoms with van der Waals surface area (Å²) in [5.41, 5.74) is 0. The summed E-state index contributed by atoms with van der Waals surface area (Å²) in [6.07, 6.45) is 8.44. The number of nitrogens with one attached hydrogen (secondary N) is 1. The largest absolute Gasteiger partial charge is 0.314 e. The van der Waals surface area contributed by atoms with E-state index in [4.69, 9.17) is 0 Å². The Labute approximate surface area is 112 Å². The molecule has 3 atom stereocenters. The van der Waals surface area contributed by atoms with Gasteiger partial charge in [-0.15, -0.1) is 0 Å². The average molecular weight is 251 g/mol. The fraction of sp³-hybridized carbons (Fsp3) is 1.00. The van der Waals surface area contributed by atoms with E-state index in [1.165, 1.54) is 71.2 Å². The minimum atomic E-state index is 0.816. The van der Waals surface area contributed by atoms with Crippen molar-refractivity contribution < 1.29 is 0 Å². The number of nitrogens with zero attached hydrogens (tertiary/aromatic N) is 2. The van der Waals surface area contributed by atoms with E-state index in [9.17, 15) is 0 Å². The summed E-state index contributed by atoms with van der Waals surface area (Å²) in [6.45, 7) is 6.60. The molecule has 1 N–H and O–H groups in total. The van der Waals surface area contributed by atoms with Gasteiger partial charge < -0.3 is 15.1 Å². The highest BCUT2D eigenvalue weighted by Gasteiger charge is 2.34. The van der Waals surface area contributed by atoms with E-state index in [-0.39, 0.29) is 0 Å². The van der Waals surface area contributed by atoms with Gasteiger partial charge in [0.1, 0.15) is 0 Å². The highest BCUT2D eigenvalue weighted by molar-refractivity contribution is 4.89. The lowest BCUT2D eigenvalue weighted by atomic mass is 9.84. The van der Waals surface area contributed by atoms with Crippen molar-refractivity contribution in [1.82, 2.24) is 15.1 Å². The summed E-state index contributed by atoms with van der Waals surface area (Å²) < 4.78 is 0. The fourth-order valence-corrected chi connectivity index (χ4v) is 4.27. The summed E-state index contributed by atoms with van der Waals surface area (Å²) >= 11 is 0. The molecular formula is C15H29N3. The van der Waals surface area contributed by atoms with E-state index in [1.54, 1.807) is 0 Å². The first-order valence-electron chi connectivity index (χ1n) is 7.99. The minimum absolute atomic E-state index is 0.816. The highest BCUT2D eigenvalue weighted by Crippen LogP contribution is 2.29. The van der Waals surface area contributed by atoms with Crippen LogP contribution < -0.4 is 5.32 Å². The van der Waals surface area contributed by atoms with Crippen LogP contribution in [0.4, 0.5) is 0 Å². The molecule has 3 unspecified atom stereocenters. The predicted molar refractivity (Wildman–Crippen MR) is 75.8 cm³/mol. The van der Waals surface area contributed by atoms with Crippen molar-refractivity contribution >= 4 is 0 Å². The molecule has 0 bridgehead atoms. The molecular weight excluding hydrogens is 222 g/mol. The van der Waals surface area contributed by atoms with Crippen LogP contribution in [0.5, 0.6) is 0 Å². The minimum Gasteiger partial charge on any atom is -0.314 e. The molecule has 3 rings (SSSR count). The number of hydrogen-bond donors (Lipinski definition) is 1. The third-order valence-electron chi connectivity index (χ3n) is 5.39. The number of fused-ring (bicyclic) bond motifs is 1. The first-order chi connectivity index (χ1) is 8.83. The molecule has 3 aliphatic rings. The maximum absolute atomic E-state index is 3.62. The van der Waals surface area contributed by atoms with Crippen LogP contribution >= 0.6 is 0 Å².